The van der Waals surface area contributed by atoms with Crippen LogP contribution in [0.2, 0.25) is 0 Å². The van der Waals surface area contributed by atoms with Crippen LogP contribution in [0, 0.1) is 11.3 Å². The number of hydrogen-bond donors (Lipinski definition) is 1. The van der Waals surface area contributed by atoms with Crippen LogP contribution in [-0.4, -0.2) is 38.8 Å². The molecule has 2 saturated carbocycles. The van der Waals surface area contributed by atoms with Gasteiger partial charge in [0.15, 0.2) is 4.34 Å². The molecule has 2 aliphatic rings. The van der Waals surface area contributed by atoms with Crippen LogP contribution in [0.3, 0.4) is 0 Å². The van der Waals surface area contributed by atoms with Gasteiger partial charge >= 0.3 is 0 Å². The number of thioether (sulfide) groups is 1. The van der Waals surface area contributed by atoms with Crippen LogP contribution in [0.5, 0.6) is 0 Å². The molecule has 0 radical (unpaired) electrons. The van der Waals surface area contributed by atoms with Crippen molar-refractivity contribution in [2.24, 2.45) is 0 Å². The SMILES string of the molecule is CCC(=O)N(c1nnc(S[C@H](C)C(=O)NC2(C#N)CCCCC2)s1)C1CC1. The Hall–Kier alpha value is -1.66. The molecule has 0 bridgehead atoms. The number of nitriles is 1. The van der Waals surface area contributed by atoms with Crippen LogP contribution in [0.4, 0.5) is 5.13 Å². The minimum absolute atomic E-state index is 0.0595. The number of hydrogen-bond acceptors (Lipinski definition) is 7. The lowest BCUT2D eigenvalue weighted by atomic mass is 9.83. The Kier molecular flexibility index (Phi) is 6.37. The van der Waals surface area contributed by atoms with Crippen LogP contribution in [0.1, 0.15) is 65.2 Å². The summed E-state index contributed by atoms with van der Waals surface area (Å²) in [5, 5.41) is 21.1. The number of rotatable bonds is 7. The Morgan fingerprint density at radius 1 is 1.37 bits per heavy atom. The summed E-state index contributed by atoms with van der Waals surface area (Å²) < 4.78 is 0.664. The number of carbonyl (C=O) groups is 2. The lowest BCUT2D eigenvalue weighted by Gasteiger charge is -2.32. The largest absolute Gasteiger partial charge is 0.337 e. The van der Waals surface area contributed by atoms with E-state index in [1.807, 2.05) is 13.8 Å². The predicted molar refractivity (Wildman–Crippen MR) is 106 cm³/mol. The fourth-order valence-electron chi connectivity index (χ4n) is 3.28. The van der Waals surface area contributed by atoms with Gasteiger partial charge in [0.2, 0.25) is 16.9 Å². The van der Waals surface area contributed by atoms with Crippen LogP contribution in [-0.2, 0) is 9.59 Å². The van der Waals surface area contributed by atoms with E-state index in [1.165, 1.54) is 23.1 Å². The first-order chi connectivity index (χ1) is 13.0. The van der Waals surface area contributed by atoms with Gasteiger partial charge in [0.1, 0.15) is 5.54 Å². The highest BCUT2D eigenvalue weighted by atomic mass is 32.2. The third-order valence-corrected chi connectivity index (χ3v) is 7.12. The van der Waals surface area contributed by atoms with Crippen molar-refractivity contribution in [3.63, 3.8) is 0 Å². The molecule has 1 N–H and O–H groups in total. The van der Waals surface area contributed by atoms with Gasteiger partial charge in [-0.3, -0.25) is 14.5 Å². The molecule has 2 amide bonds. The zero-order valence-corrected chi connectivity index (χ0v) is 17.4. The zero-order valence-electron chi connectivity index (χ0n) is 15.7. The van der Waals surface area contributed by atoms with Gasteiger partial charge in [-0.05, 0) is 32.6 Å². The fourth-order valence-corrected chi connectivity index (χ4v) is 5.35. The number of amides is 2. The Bertz CT molecular complexity index is 734. The zero-order chi connectivity index (χ0) is 19.4. The van der Waals surface area contributed by atoms with Gasteiger partial charge < -0.3 is 5.32 Å². The van der Waals surface area contributed by atoms with Crippen molar-refractivity contribution in [3.05, 3.63) is 0 Å². The maximum absolute atomic E-state index is 12.6. The Labute approximate surface area is 167 Å². The number of anilines is 1. The highest BCUT2D eigenvalue weighted by molar-refractivity contribution is 8.02. The first-order valence-electron chi connectivity index (χ1n) is 9.53. The van der Waals surface area contributed by atoms with Crippen molar-refractivity contribution in [1.82, 2.24) is 15.5 Å². The average molecular weight is 408 g/mol. The molecule has 0 aromatic carbocycles. The Morgan fingerprint density at radius 2 is 2.07 bits per heavy atom. The Morgan fingerprint density at radius 3 is 2.67 bits per heavy atom. The molecular formula is C18H25N5O2S2. The van der Waals surface area contributed by atoms with E-state index >= 15 is 0 Å². The van der Waals surface area contributed by atoms with Gasteiger partial charge in [-0.1, -0.05) is 49.3 Å². The summed E-state index contributed by atoms with van der Waals surface area (Å²) in [7, 11) is 0. The molecule has 0 aliphatic heterocycles. The van der Waals surface area contributed by atoms with Crippen LogP contribution >= 0.6 is 23.1 Å². The normalized spacial score (nSPS) is 19.7. The second kappa shape index (κ2) is 8.57. The predicted octanol–water partition coefficient (Wildman–Crippen LogP) is 3.27. The average Bonchev–Trinajstić information content (AvgIpc) is 3.41. The van der Waals surface area contributed by atoms with E-state index in [-0.39, 0.29) is 23.1 Å². The van der Waals surface area contributed by atoms with E-state index in [9.17, 15) is 14.9 Å². The fraction of sp³-hybridized carbons (Fsp3) is 0.722. The lowest BCUT2D eigenvalue weighted by Crippen LogP contribution is -2.50. The molecule has 3 rings (SSSR count). The summed E-state index contributed by atoms with van der Waals surface area (Å²) in [5.41, 5.74) is -0.729. The lowest BCUT2D eigenvalue weighted by molar-refractivity contribution is -0.122. The molecule has 1 heterocycles. The summed E-state index contributed by atoms with van der Waals surface area (Å²) in [6.45, 7) is 3.65. The molecule has 146 valence electrons. The number of aromatic nitrogens is 2. The van der Waals surface area contributed by atoms with E-state index in [4.69, 9.17) is 0 Å². The third kappa shape index (κ3) is 4.79. The van der Waals surface area contributed by atoms with Crippen LogP contribution < -0.4 is 10.2 Å². The van der Waals surface area contributed by atoms with Crippen LogP contribution in [0.25, 0.3) is 0 Å². The highest BCUT2D eigenvalue weighted by Crippen LogP contribution is 2.37. The monoisotopic (exact) mass is 407 g/mol. The third-order valence-electron chi connectivity index (χ3n) is 5.02. The second-order valence-corrected chi connectivity index (χ2v) is 9.75. The molecule has 0 saturated heterocycles. The summed E-state index contributed by atoms with van der Waals surface area (Å²) >= 11 is 2.68. The van der Waals surface area contributed by atoms with Crippen molar-refractivity contribution in [2.75, 3.05) is 4.90 Å². The van der Waals surface area contributed by atoms with Crippen molar-refractivity contribution in [1.29, 1.82) is 5.26 Å². The van der Waals surface area contributed by atoms with Crippen molar-refractivity contribution >= 4 is 40.0 Å². The quantitative estimate of drug-likeness (QED) is 0.550. The molecule has 9 heteroatoms. The molecule has 1 aromatic rings. The van der Waals surface area contributed by atoms with E-state index in [0.717, 1.165) is 32.1 Å². The molecule has 0 unspecified atom stereocenters. The van der Waals surface area contributed by atoms with Crippen molar-refractivity contribution in [2.45, 2.75) is 86.4 Å². The molecule has 27 heavy (non-hydrogen) atoms. The van der Waals surface area contributed by atoms with Gasteiger partial charge in [-0.2, -0.15) is 5.26 Å². The summed E-state index contributed by atoms with van der Waals surface area (Å²) in [6.07, 6.45) is 6.93. The Balaban J connectivity index is 1.61. The van der Waals surface area contributed by atoms with Gasteiger partial charge in [0.25, 0.3) is 0 Å². The second-order valence-electron chi connectivity index (χ2n) is 7.20. The molecule has 0 spiro atoms. The minimum Gasteiger partial charge on any atom is -0.337 e. The topological polar surface area (TPSA) is 99.0 Å². The maximum Gasteiger partial charge on any atom is 0.234 e. The highest BCUT2D eigenvalue weighted by Gasteiger charge is 2.36. The van der Waals surface area contributed by atoms with Gasteiger partial charge in [-0.15, -0.1) is 10.2 Å². The van der Waals surface area contributed by atoms with Crippen molar-refractivity contribution in [3.8, 4) is 6.07 Å². The molecule has 1 aromatic heterocycles. The smallest absolute Gasteiger partial charge is 0.234 e. The summed E-state index contributed by atoms with van der Waals surface area (Å²) in [5.74, 6) is -0.0897. The number of nitrogens with one attached hydrogen (secondary N) is 1. The van der Waals surface area contributed by atoms with Gasteiger partial charge in [-0.25, -0.2) is 0 Å². The first-order valence-corrected chi connectivity index (χ1v) is 11.2. The molecule has 7 nitrogen and oxygen atoms in total. The van der Waals surface area contributed by atoms with Crippen LogP contribution in [0.15, 0.2) is 4.34 Å². The van der Waals surface area contributed by atoms with Crippen molar-refractivity contribution < 1.29 is 9.59 Å². The first kappa shape index (κ1) is 20.1. The summed E-state index contributed by atoms with van der Waals surface area (Å²) in [4.78, 5) is 26.5. The van der Waals surface area contributed by atoms with E-state index in [1.54, 1.807) is 4.90 Å². The van der Waals surface area contributed by atoms with E-state index < -0.39 is 5.54 Å². The molecular weight excluding hydrogens is 382 g/mol. The number of carbonyl (C=O) groups excluding carboxylic acids is 2. The van der Waals surface area contributed by atoms with E-state index in [0.29, 0.717) is 28.7 Å². The molecule has 1 atom stereocenters. The molecule has 2 aliphatic carbocycles. The summed E-state index contributed by atoms with van der Waals surface area (Å²) in [6, 6.07) is 2.56. The van der Waals surface area contributed by atoms with Gasteiger partial charge in [0, 0.05) is 12.5 Å². The maximum atomic E-state index is 12.6. The molecule has 2 fully saturated rings. The number of nitrogens with zero attached hydrogens (tertiary/aromatic N) is 4. The van der Waals surface area contributed by atoms with Gasteiger partial charge in [0.05, 0.1) is 11.3 Å². The van der Waals surface area contributed by atoms with E-state index in [2.05, 4.69) is 21.6 Å². The standard InChI is InChI=1S/C18H25N5O2S2/c1-3-14(24)23(13-7-8-13)16-21-22-17(27-16)26-12(2)15(25)20-18(11-19)9-5-4-6-10-18/h12-13H,3-10H2,1-2H3,(H,20,25)/t12-/m1/s1. The minimum atomic E-state index is -0.729.